The number of pyridine rings is 1. The highest BCUT2D eigenvalue weighted by molar-refractivity contribution is 5.28. The van der Waals surface area contributed by atoms with E-state index >= 15 is 0 Å². The van der Waals surface area contributed by atoms with Gasteiger partial charge >= 0.3 is 0 Å². The van der Waals surface area contributed by atoms with E-state index in [1.54, 1.807) is 22.9 Å². The van der Waals surface area contributed by atoms with Crippen LogP contribution >= 0.6 is 0 Å². The fourth-order valence-electron chi connectivity index (χ4n) is 1.86. The van der Waals surface area contributed by atoms with Gasteiger partial charge in [0, 0.05) is 12.3 Å². The topological polar surface area (TPSA) is 57.2 Å². The molecule has 0 amide bonds. The summed E-state index contributed by atoms with van der Waals surface area (Å²) >= 11 is 0. The van der Waals surface area contributed by atoms with Gasteiger partial charge in [-0.15, -0.1) is 0 Å². The van der Waals surface area contributed by atoms with Gasteiger partial charge in [-0.3, -0.25) is 4.79 Å². The van der Waals surface area contributed by atoms with Crippen molar-refractivity contribution in [1.29, 1.82) is 0 Å². The summed E-state index contributed by atoms with van der Waals surface area (Å²) in [6, 6.07) is 13.0. The number of hydrogen-bond donors (Lipinski definition) is 1. The molecule has 4 heteroatoms. The summed E-state index contributed by atoms with van der Waals surface area (Å²) in [4.78, 5) is 11.5. The first-order valence-electron chi connectivity index (χ1n) is 6.37. The Bertz CT molecular complexity index is 578. The molecule has 1 aromatic heterocycles. The minimum Gasteiger partial charge on any atom is -0.492 e. The SMILES string of the molecule is NCCc1cccc(OCCn2ccccc2=O)c1. The molecule has 0 radical (unpaired) electrons. The molecule has 100 valence electrons. The molecule has 19 heavy (non-hydrogen) atoms. The molecule has 0 spiro atoms. The van der Waals surface area contributed by atoms with Crippen LogP contribution in [-0.4, -0.2) is 17.7 Å². The first-order valence-corrected chi connectivity index (χ1v) is 6.37. The summed E-state index contributed by atoms with van der Waals surface area (Å²) in [7, 11) is 0. The van der Waals surface area contributed by atoms with Crippen LogP contribution in [0.3, 0.4) is 0 Å². The molecule has 1 aromatic carbocycles. The number of nitrogens with zero attached hydrogens (tertiary/aromatic N) is 1. The van der Waals surface area contributed by atoms with Gasteiger partial charge in [-0.05, 0) is 36.7 Å². The number of rotatable bonds is 6. The Kier molecular flexibility index (Phi) is 4.75. The lowest BCUT2D eigenvalue weighted by Gasteiger charge is -2.09. The van der Waals surface area contributed by atoms with Crippen molar-refractivity contribution in [3.05, 3.63) is 64.6 Å². The van der Waals surface area contributed by atoms with Crippen molar-refractivity contribution in [2.75, 3.05) is 13.2 Å². The summed E-state index contributed by atoms with van der Waals surface area (Å²) in [6.45, 7) is 1.64. The van der Waals surface area contributed by atoms with Crippen LogP contribution in [0.5, 0.6) is 5.75 Å². The fraction of sp³-hybridized carbons (Fsp3) is 0.267. The normalized spacial score (nSPS) is 10.4. The van der Waals surface area contributed by atoms with E-state index in [-0.39, 0.29) is 5.56 Å². The van der Waals surface area contributed by atoms with Crippen LogP contribution < -0.4 is 16.0 Å². The van der Waals surface area contributed by atoms with Crippen molar-refractivity contribution in [3.8, 4) is 5.75 Å². The van der Waals surface area contributed by atoms with E-state index in [1.807, 2.05) is 30.3 Å². The fourth-order valence-corrected chi connectivity index (χ4v) is 1.86. The van der Waals surface area contributed by atoms with E-state index in [1.165, 1.54) is 0 Å². The zero-order chi connectivity index (χ0) is 13.5. The number of ether oxygens (including phenoxy) is 1. The maximum Gasteiger partial charge on any atom is 0.250 e. The van der Waals surface area contributed by atoms with Crippen LogP contribution in [0.15, 0.2) is 53.5 Å². The Balaban J connectivity index is 1.91. The van der Waals surface area contributed by atoms with E-state index in [9.17, 15) is 4.79 Å². The summed E-state index contributed by atoms with van der Waals surface area (Å²) in [5, 5.41) is 0. The van der Waals surface area contributed by atoms with Crippen LogP contribution in [0.1, 0.15) is 5.56 Å². The van der Waals surface area contributed by atoms with Crippen molar-refractivity contribution in [2.45, 2.75) is 13.0 Å². The lowest BCUT2D eigenvalue weighted by molar-refractivity contribution is 0.296. The molecule has 2 N–H and O–H groups in total. The largest absolute Gasteiger partial charge is 0.492 e. The van der Waals surface area contributed by atoms with E-state index in [0.29, 0.717) is 19.7 Å². The summed E-state index contributed by atoms with van der Waals surface area (Å²) in [5.74, 6) is 0.815. The van der Waals surface area contributed by atoms with Gasteiger partial charge in [-0.1, -0.05) is 18.2 Å². The van der Waals surface area contributed by atoms with Crippen LogP contribution in [0, 0.1) is 0 Å². The molecule has 2 aromatic rings. The van der Waals surface area contributed by atoms with E-state index in [4.69, 9.17) is 10.5 Å². The average molecular weight is 258 g/mol. The zero-order valence-electron chi connectivity index (χ0n) is 10.8. The van der Waals surface area contributed by atoms with Gasteiger partial charge in [0.1, 0.15) is 12.4 Å². The Morgan fingerprint density at radius 3 is 2.84 bits per heavy atom. The number of hydrogen-bond acceptors (Lipinski definition) is 3. The maximum atomic E-state index is 11.5. The molecule has 0 fully saturated rings. The monoisotopic (exact) mass is 258 g/mol. The second-order valence-electron chi connectivity index (χ2n) is 4.27. The molecule has 1 heterocycles. The van der Waals surface area contributed by atoms with Gasteiger partial charge < -0.3 is 15.0 Å². The van der Waals surface area contributed by atoms with E-state index in [2.05, 4.69) is 0 Å². The minimum absolute atomic E-state index is 0.0111. The van der Waals surface area contributed by atoms with Crippen molar-refractivity contribution < 1.29 is 4.74 Å². The molecular formula is C15H18N2O2. The smallest absolute Gasteiger partial charge is 0.250 e. The summed E-state index contributed by atoms with van der Waals surface area (Å²) < 4.78 is 7.28. The van der Waals surface area contributed by atoms with Gasteiger partial charge in [0.05, 0.1) is 6.54 Å². The van der Waals surface area contributed by atoms with Crippen LogP contribution in [-0.2, 0) is 13.0 Å². The highest BCUT2D eigenvalue weighted by Gasteiger charge is 1.98. The quantitative estimate of drug-likeness (QED) is 0.852. The first kappa shape index (κ1) is 13.4. The molecule has 0 aliphatic carbocycles. The highest BCUT2D eigenvalue weighted by atomic mass is 16.5. The Morgan fingerprint density at radius 1 is 1.16 bits per heavy atom. The van der Waals surface area contributed by atoms with E-state index in [0.717, 1.165) is 17.7 Å². The zero-order valence-corrected chi connectivity index (χ0v) is 10.8. The number of nitrogens with two attached hydrogens (primary N) is 1. The van der Waals surface area contributed by atoms with Crippen molar-refractivity contribution in [2.24, 2.45) is 5.73 Å². The third-order valence-corrected chi connectivity index (χ3v) is 2.83. The summed E-state index contributed by atoms with van der Waals surface area (Å²) in [5.41, 5.74) is 6.68. The van der Waals surface area contributed by atoms with Gasteiger partial charge in [-0.25, -0.2) is 0 Å². The molecular weight excluding hydrogens is 240 g/mol. The average Bonchev–Trinajstić information content (AvgIpc) is 2.42. The molecule has 2 rings (SSSR count). The van der Waals surface area contributed by atoms with Gasteiger partial charge in [0.25, 0.3) is 5.56 Å². The Morgan fingerprint density at radius 2 is 2.05 bits per heavy atom. The highest BCUT2D eigenvalue weighted by Crippen LogP contribution is 2.13. The van der Waals surface area contributed by atoms with Gasteiger partial charge in [0.15, 0.2) is 0 Å². The molecule has 0 saturated heterocycles. The lowest BCUT2D eigenvalue weighted by atomic mass is 10.1. The third-order valence-electron chi connectivity index (χ3n) is 2.83. The Labute approximate surface area is 112 Å². The van der Waals surface area contributed by atoms with Crippen molar-refractivity contribution in [1.82, 2.24) is 4.57 Å². The predicted octanol–water partition coefficient (Wildman–Crippen LogP) is 1.43. The van der Waals surface area contributed by atoms with E-state index < -0.39 is 0 Å². The molecule has 0 aliphatic rings. The molecule has 0 atom stereocenters. The van der Waals surface area contributed by atoms with Gasteiger partial charge in [0.2, 0.25) is 0 Å². The van der Waals surface area contributed by atoms with Gasteiger partial charge in [-0.2, -0.15) is 0 Å². The second kappa shape index (κ2) is 6.75. The standard InChI is InChI=1S/C15H18N2O2/c16-8-7-13-4-3-5-14(12-13)19-11-10-17-9-2-1-6-15(17)18/h1-6,9,12H,7-8,10-11,16H2. The predicted molar refractivity (Wildman–Crippen MR) is 75.4 cm³/mol. The number of benzene rings is 1. The molecule has 0 aliphatic heterocycles. The maximum absolute atomic E-state index is 11.5. The number of aromatic nitrogens is 1. The lowest BCUT2D eigenvalue weighted by Crippen LogP contribution is -2.21. The molecule has 0 saturated carbocycles. The molecule has 0 unspecified atom stereocenters. The third kappa shape index (κ3) is 3.96. The summed E-state index contributed by atoms with van der Waals surface area (Å²) in [6.07, 6.45) is 2.60. The first-order chi connectivity index (χ1) is 9.29. The minimum atomic E-state index is -0.0111. The van der Waals surface area contributed by atoms with Crippen LogP contribution in [0.25, 0.3) is 0 Å². The second-order valence-corrected chi connectivity index (χ2v) is 4.27. The van der Waals surface area contributed by atoms with Crippen LogP contribution in [0.2, 0.25) is 0 Å². The Hall–Kier alpha value is -2.07. The van der Waals surface area contributed by atoms with Crippen LogP contribution in [0.4, 0.5) is 0 Å². The van der Waals surface area contributed by atoms with Crippen molar-refractivity contribution >= 4 is 0 Å². The van der Waals surface area contributed by atoms with Crippen molar-refractivity contribution in [3.63, 3.8) is 0 Å². The molecule has 0 bridgehead atoms. The molecule has 4 nitrogen and oxygen atoms in total.